The van der Waals surface area contributed by atoms with E-state index in [0.717, 1.165) is 0 Å². The fraction of sp³-hybridized carbons (Fsp3) is 0.143. The number of methoxy groups -OCH3 is 1. The molecule has 0 saturated heterocycles. The van der Waals surface area contributed by atoms with Crippen LogP contribution in [0.1, 0.15) is 16.8 Å². The van der Waals surface area contributed by atoms with Crippen molar-refractivity contribution in [3.8, 4) is 28.7 Å². The quantitative estimate of drug-likeness (QED) is 0.628. The maximum Gasteiger partial charge on any atom is 0.266 e. The monoisotopic (exact) mass is 414 g/mol. The van der Waals surface area contributed by atoms with Gasteiger partial charge in [0.05, 0.1) is 7.11 Å². The SMILES string of the molecule is COc1cc(-c2cc(C)[nH]c(=O)c2C#N)ccc1OCc1c(Cl)cccc1Cl. The highest BCUT2D eigenvalue weighted by molar-refractivity contribution is 6.35. The van der Waals surface area contributed by atoms with E-state index in [0.29, 0.717) is 43.9 Å². The number of halogens is 2. The summed E-state index contributed by atoms with van der Waals surface area (Å²) in [5, 5.41) is 10.4. The van der Waals surface area contributed by atoms with Crippen LogP contribution in [0.15, 0.2) is 47.3 Å². The Morgan fingerprint density at radius 1 is 1.11 bits per heavy atom. The molecule has 0 bridgehead atoms. The van der Waals surface area contributed by atoms with Crippen LogP contribution < -0.4 is 15.0 Å². The molecule has 3 rings (SSSR count). The van der Waals surface area contributed by atoms with E-state index in [-0.39, 0.29) is 12.2 Å². The van der Waals surface area contributed by atoms with Crippen molar-refractivity contribution in [1.82, 2.24) is 4.98 Å². The molecule has 28 heavy (non-hydrogen) atoms. The molecular formula is C21H16Cl2N2O3. The van der Waals surface area contributed by atoms with Crippen molar-refractivity contribution in [2.45, 2.75) is 13.5 Å². The predicted octanol–water partition coefficient (Wildman–Crippen LogP) is 5.12. The topological polar surface area (TPSA) is 75.1 Å². The lowest BCUT2D eigenvalue weighted by molar-refractivity contribution is 0.285. The number of ether oxygens (including phenoxy) is 2. The number of benzene rings is 2. The van der Waals surface area contributed by atoms with E-state index in [1.54, 1.807) is 49.4 Å². The van der Waals surface area contributed by atoms with Crippen molar-refractivity contribution in [1.29, 1.82) is 5.26 Å². The molecule has 0 radical (unpaired) electrons. The Morgan fingerprint density at radius 3 is 2.46 bits per heavy atom. The molecule has 0 spiro atoms. The Morgan fingerprint density at radius 2 is 1.82 bits per heavy atom. The van der Waals surface area contributed by atoms with Gasteiger partial charge in [0.1, 0.15) is 18.2 Å². The maximum atomic E-state index is 12.1. The highest BCUT2D eigenvalue weighted by atomic mass is 35.5. The first-order chi connectivity index (χ1) is 13.4. The van der Waals surface area contributed by atoms with Crippen molar-refractivity contribution >= 4 is 23.2 Å². The third kappa shape index (κ3) is 3.99. The molecular weight excluding hydrogens is 399 g/mol. The van der Waals surface area contributed by atoms with Crippen LogP contribution >= 0.6 is 23.2 Å². The Balaban J connectivity index is 1.96. The van der Waals surface area contributed by atoms with Crippen LogP contribution in [0.2, 0.25) is 10.0 Å². The minimum Gasteiger partial charge on any atom is -0.493 e. The average Bonchev–Trinajstić information content (AvgIpc) is 2.67. The molecule has 0 saturated carbocycles. The third-order valence-corrected chi connectivity index (χ3v) is 4.90. The number of nitrogens with zero attached hydrogens (tertiary/aromatic N) is 1. The van der Waals surface area contributed by atoms with E-state index in [4.69, 9.17) is 32.7 Å². The van der Waals surface area contributed by atoms with E-state index >= 15 is 0 Å². The van der Waals surface area contributed by atoms with E-state index in [1.165, 1.54) is 7.11 Å². The number of aromatic nitrogens is 1. The second kappa shape index (κ2) is 8.39. The van der Waals surface area contributed by atoms with E-state index in [2.05, 4.69) is 4.98 Å². The maximum absolute atomic E-state index is 12.1. The minimum atomic E-state index is -0.426. The third-order valence-electron chi connectivity index (χ3n) is 4.19. The van der Waals surface area contributed by atoms with Gasteiger partial charge in [0.2, 0.25) is 0 Å². The van der Waals surface area contributed by atoms with E-state index in [1.807, 2.05) is 6.07 Å². The van der Waals surface area contributed by atoms with Gasteiger partial charge >= 0.3 is 0 Å². The second-order valence-corrected chi connectivity index (χ2v) is 6.85. The van der Waals surface area contributed by atoms with Crippen LogP contribution in [-0.2, 0) is 6.61 Å². The lowest BCUT2D eigenvalue weighted by Gasteiger charge is -2.14. The van der Waals surface area contributed by atoms with Gasteiger partial charge in [-0.05, 0) is 42.8 Å². The second-order valence-electron chi connectivity index (χ2n) is 6.04. The number of aromatic amines is 1. The van der Waals surface area contributed by atoms with Gasteiger partial charge in [-0.1, -0.05) is 35.3 Å². The highest BCUT2D eigenvalue weighted by Crippen LogP contribution is 2.35. The summed E-state index contributed by atoms with van der Waals surface area (Å²) in [6.07, 6.45) is 0. The number of hydrogen-bond acceptors (Lipinski definition) is 4. The lowest BCUT2D eigenvalue weighted by atomic mass is 10.0. The minimum absolute atomic E-state index is 0.0455. The van der Waals surface area contributed by atoms with Gasteiger partial charge in [0.25, 0.3) is 5.56 Å². The first kappa shape index (κ1) is 19.8. The number of aryl methyl sites for hydroxylation is 1. The number of nitriles is 1. The summed E-state index contributed by atoms with van der Waals surface area (Å²) in [7, 11) is 1.52. The van der Waals surface area contributed by atoms with Crippen molar-refractivity contribution in [3.05, 3.63) is 79.7 Å². The summed E-state index contributed by atoms with van der Waals surface area (Å²) in [4.78, 5) is 14.7. The van der Waals surface area contributed by atoms with Crippen LogP contribution in [-0.4, -0.2) is 12.1 Å². The Bertz CT molecular complexity index is 1110. The molecule has 7 heteroatoms. The molecule has 0 aliphatic heterocycles. The van der Waals surface area contributed by atoms with Gasteiger partial charge < -0.3 is 14.5 Å². The number of nitrogens with one attached hydrogen (secondary N) is 1. The van der Waals surface area contributed by atoms with Crippen LogP contribution in [0, 0.1) is 18.3 Å². The normalized spacial score (nSPS) is 10.4. The van der Waals surface area contributed by atoms with Crippen molar-refractivity contribution in [2.75, 3.05) is 7.11 Å². The van der Waals surface area contributed by atoms with Crippen molar-refractivity contribution in [2.24, 2.45) is 0 Å². The molecule has 1 aromatic heterocycles. The zero-order valence-electron chi connectivity index (χ0n) is 15.2. The molecule has 1 heterocycles. The van der Waals surface area contributed by atoms with Gasteiger partial charge in [0.15, 0.2) is 11.5 Å². The summed E-state index contributed by atoms with van der Waals surface area (Å²) in [5.41, 5.74) is 2.16. The molecule has 0 fully saturated rings. The van der Waals surface area contributed by atoms with Crippen molar-refractivity contribution in [3.63, 3.8) is 0 Å². The van der Waals surface area contributed by atoms with Crippen LogP contribution in [0.5, 0.6) is 11.5 Å². The zero-order valence-corrected chi connectivity index (χ0v) is 16.7. The summed E-state index contributed by atoms with van der Waals surface area (Å²) < 4.78 is 11.3. The summed E-state index contributed by atoms with van der Waals surface area (Å²) in [6, 6.07) is 14.2. The highest BCUT2D eigenvalue weighted by Gasteiger charge is 2.14. The Labute approximate surface area is 172 Å². The zero-order chi connectivity index (χ0) is 20.3. The fourth-order valence-electron chi connectivity index (χ4n) is 2.80. The molecule has 142 valence electrons. The summed E-state index contributed by atoms with van der Waals surface area (Å²) in [6.45, 7) is 1.93. The molecule has 0 atom stereocenters. The number of pyridine rings is 1. The van der Waals surface area contributed by atoms with Gasteiger partial charge in [-0.15, -0.1) is 0 Å². The molecule has 0 unspecified atom stereocenters. The molecule has 3 aromatic rings. The molecule has 2 aromatic carbocycles. The Kier molecular flexibility index (Phi) is 5.93. The standard InChI is InChI=1S/C21H16Cl2N2O3/c1-12-8-14(15(10-24)21(26)25-12)13-6-7-19(20(9-13)27-2)28-11-16-17(22)4-3-5-18(16)23/h3-9H,11H2,1-2H3,(H,25,26). The van der Waals surface area contributed by atoms with Crippen LogP contribution in [0.4, 0.5) is 0 Å². The Hall–Kier alpha value is -2.94. The van der Waals surface area contributed by atoms with Gasteiger partial charge in [-0.3, -0.25) is 4.79 Å². The van der Waals surface area contributed by atoms with Crippen LogP contribution in [0.3, 0.4) is 0 Å². The first-order valence-corrected chi connectivity index (χ1v) is 9.08. The van der Waals surface area contributed by atoms with Gasteiger partial charge in [-0.2, -0.15) is 5.26 Å². The number of rotatable bonds is 5. The molecule has 0 aliphatic rings. The smallest absolute Gasteiger partial charge is 0.266 e. The fourth-order valence-corrected chi connectivity index (χ4v) is 3.31. The summed E-state index contributed by atoms with van der Waals surface area (Å²) in [5.74, 6) is 0.949. The molecule has 5 nitrogen and oxygen atoms in total. The predicted molar refractivity (Wildman–Crippen MR) is 109 cm³/mol. The van der Waals surface area contributed by atoms with Gasteiger partial charge in [-0.25, -0.2) is 0 Å². The lowest BCUT2D eigenvalue weighted by Crippen LogP contribution is -2.12. The van der Waals surface area contributed by atoms with E-state index in [9.17, 15) is 10.1 Å². The molecule has 1 N–H and O–H groups in total. The number of hydrogen-bond donors (Lipinski definition) is 1. The number of H-pyrrole nitrogens is 1. The largest absolute Gasteiger partial charge is 0.493 e. The van der Waals surface area contributed by atoms with Crippen molar-refractivity contribution < 1.29 is 9.47 Å². The van der Waals surface area contributed by atoms with E-state index < -0.39 is 5.56 Å². The average molecular weight is 415 g/mol. The summed E-state index contributed by atoms with van der Waals surface area (Å²) >= 11 is 12.4. The molecule has 0 aliphatic carbocycles. The van der Waals surface area contributed by atoms with Gasteiger partial charge in [0, 0.05) is 26.9 Å². The van der Waals surface area contributed by atoms with Crippen LogP contribution in [0.25, 0.3) is 11.1 Å². The molecule has 0 amide bonds. The first-order valence-electron chi connectivity index (χ1n) is 8.32.